The van der Waals surface area contributed by atoms with Gasteiger partial charge in [-0.25, -0.2) is 4.79 Å². The van der Waals surface area contributed by atoms with Crippen molar-refractivity contribution < 1.29 is 29.4 Å². The molecule has 10 nitrogen and oxygen atoms in total. The molecule has 0 aromatic heterocycles. The lowest BCUT2D eigenvalue weighted by Gasteiger charge is -2.26. The van der Waals surface area contributed by atoms with Crippen molar-refractivity contribution in [2.45, 2.75) is 57.3 Å². The number of carbonyl (C=O) groups is 4. The molecule has 4 atom stereocenters. The molecule has 0 saturated heterocycles. The maximum atomic E-state index is 13.3. The Morgan fingerprint density at radius 1 is 0.789 bits per heavy atom. The Balaban J connectivity index is 2.19. The lowest BCUT2D eigenvalue weighted by atomic mass is 10.00. The molecule has 38 heavy (non-hydrogen) atoms. The fourth-order valence-electron chi connectivity index (χ4n) is 3.75. The van der Waals surface area contributed by atoms with Crippen LogP contribution in [0.1, 0.15) is 31.4 Å². The Morgan fingerprint density at radius 2 is 1.32 bits per heavy atom. The minimum Gasteiger partial charge on any atom is -0.508 e. The van der Waals surface area contributed by atoms with Gasteiger partial charge in [0.2, 0.25) is 17.7 Å². The first-order chi connectivity index (χ1) is 18.0. The molecule has 3 amide bonds. The molecule has 2 rings (SSSR count). The van der Waals surface area contributed by atoms with Gasteiger partial charge in [0.1, 0.15) is 23.9 Å². The van der Waals surface area contributed by atoms with E-state index in [9.17, 15) is 29.4 Å². The standard InChI is InChI=1S/C27H36N4O6S/c1-16(2)12-21(29-24(33)20(28)13-17-6-4-3-5-7-17)25(34)30-22(14-18-8-10-19(32)11-9-18)26(35)31-23(15-38)27(36)37/h3-11,16,20-23,32,38H,12-15,28H2,1-2H3,(H,29,33)(H,30,34)(H,31,35)(H,36,37). The van der Waals surface area contributed by atoms with Crippen molar-refractivity contribution in [3.63, 3.8) is 0 Å². The molecule has 0 saturated carbocycles. The molecule has 4 unspecified atom stereocenters. The Morgan fingerprint density at radius 3 is 1.87 bits per heavy atom. The van der Waals surface area contributed by atoms with Gasteiger partial charge in [-0.05, 0) is 42.0 Å². The first-order valence-corrected chi connectivity index (χ1v) is 13.0. The van der Waals surface area contributed by atoms with Gasteiger partial charge in [-0.2, -0.15) is 12.6 Å². The van der Waals surface area contributed by atoms with E-state index in [0.717, 1.165) is 5.56 Å². The number of rotatable bonds is 14. The predicted octanol–water partition coefficient (Wildman–Crippen LogP) is 1.02. The number of phenols is 1. The summed E-state index contributed by atoms with van der Waals surface area (Å²) in [5, 5.41) is 26.6. The molecule has 0 fully saturated rings. The summed E-state index contributed by atoms with van der Waals surface area (Å²) >= 11 is 3.97. The Labute approximate surface area is 227 Å². The number of hydrogen-bond acceptors (Lipinski definition) is 7. The molecule has 0 heterocycles. The maximum absolute atomic E-state index is 13.3. The van der Waals surface area contributed by atoms with Crippen LogP contribution in [0, 0.1) is 5.92 Å². The number of aliphatic carboxylic acids is 1. The normalized spacial score (nSPS) is 14.1. The number of carboxylic acids is 1. The highest BCUT2D eigenvalue weighted by atomic mass is 32.1. The highest BCUT2D eigenvalue weighted by Crippen LogP contribution is 2.13. The van der Waals surface area contributed by atoms with Crippen molar-refractivity contribution >= 4 is 36.3 Å². The molecule has 0 aliphatic rings. The maximum Gasteiger partial charge on any atom is 0.327 e. The number of carboxylic acid groups (broad SMARTS) is 1. The predicted molar refractivity (Wildman–Crippen MR) is 147 cm³/mol. The fraction of sp³-hybridized carbons (Fsp3) is 0.407. The second kappa shape index (κ2) is 15.0. The number of nitrogens with two attached hydrogens (primary N) is 1. The van der Waals surface area contributed by atoms with Gasteiger partial charge in [-0.1, -0.05) is 56.3 Å². The van der Waals surface area contributed by atoms with Crippen molar-refractivity contribution in [2.24, 2.45) is 11.7 Å². The van der Waals surface area contributed by atoms with Crippen LogP contribution in [0.25, 0.3) is 0 Å². The Kier molecular flexibility index (Phi) is 12.1. The summed E-state index contributed by atoms with van der Waals surface area (Å²) in [7, 11) is 0. The van der Waals surface area contributed by atoms with Crippen molar-refractivity contribution in [1.82, 2.24) is 16.0 Å². The Hall–Kier alpha value is -3.57. The molecule has 11 heteroatoms. The smallest absolute Gasteiger partial charge is 0.327 e. The van der Waals surface area contributed by atoms with Crippen molar-refractivity contribution in [1.29, 1.82) is 0 Å². The SMILES string of the molecule is CC(C)CC(NC(=O)C(N)Cc1ccccc1)C(=O)NC(Cc1ccc(O)cc1)C(=O)NC(CS)C(=O)O. The average Bonchev–Trinajstić information content (AvgIpc) is 2.87. The second-order valence-electron chi connectivity index (χ2n) is 9.50. The zero-order valence-electron chi connectivity index (χ0n) is 21.5. The molecular weight excluding hydrogens is 508 g/mol. The van der Waals surface area contributed by atoms with E-state index in [1.807, 2.05) is 44.2 Å². The lowest BCUT2D eigenvalue weighted by Crippen LogP contribution is -2.58. The second-order valence-corrected chi connectivity index (χ2v) is 9.87. The summed E-state index contributed by atoms with van der Waals surface area (Å²) in [5.41, 5.74) is 7.60. The fourth-order valence-corrected chi connectivity index (χ4v) is 4.00. The molecule has 0 spiro atoms. The molecule has 2 aromatic carbocycles. The van der Waals surface area contributed by atoms with E-state index in [4.69, 9.17) is 5.73 Å². The third-order valence-electron chi connectivity index (χ3n) is 5.78. The molecular formula is C27H36N4O6S. The minimum atomic E-state index is -1.26. The van der Waals surface area contributed by atoms with E-state index >= 15 is 0 Å². The molecule has 206 valence electrons. The lowest BCUT2D eigenvalue weighted by molar-refractivity contribution is -0.141. The van der Waals surface area contributed by atoms with E-state index in [0.29, 0.717) is 5.56 Å². The monoisotopic (exact) mass is 544 g/mol. The summed E-state index contributed by atoms with van der Waals surface area (Å²) in [6.07, 6.45) is 0.596. The van der Waals surface area contributed by atoms with Gasteiger partial charge in [-0.3, -0.25) is 14.4 Å². The van der Waals surface area contributed by atoms with E-state index in [-0.39, 0.29) is 36.7 Å². The third kappa shape index (κ3) is 10.1. The van der Waals surface area contributed by atoms with Crippen LogP contribution in [0.5, 0.6) is 5.75 Å². The van der Waals surface area contributed by atoms with Crippen molar-refractivity contribution in [2.75, 3.05) is 5.75 Å². The van der Waals surface area contributed by atoms with Gasteiger partial charge in [0.15, 0.2) is 0 Å². The molecule has 0 aliphatic carbocycles. The number of carbonyl (C=O) groups excluding carboxylic acids is 3. The average molecular weight is 545 g/mol. The quantitative estimate of drug-likeness (QED) is 0.174. The molecule has 7 N–H and O–H groups in total. The van der Waals surface area contributed by atoms with E-state index in [1.165, 1.54) is 12.1 Å². The summed E-state index contributed by atoms with van der Waals surface area (Å²) < 4.78 is 0. The minimum absolute atomic E-state index is 0.0205. The zero-order valence-corrected chi connectivity index (χ0v) is 22.4. The third-order valence-corrected chi connectivity index (χ3v) is 6.15. The van der Waals surface area contributed by atoms with Gasteiger partial charge in [0.05, 0.1) is 6.04 Å². The first kappa shape index (κ1) is 30.7. The summed E-state index contributed by atoms with van der Waals surface area (Å²) in [6, 6.07) is 11.0. The van der Waals surface area contributed by atoms with Crippen LogP contribution in [0.15, 0.2) is 54.6 Å². The van der Waals surface area contributed by atoms with Crippen LogP contribution in [0.3, 0.4) is 0 Å². The van der Waals surface area contributed by atoms with Crippen LogP contribution >= 0.6 is 12.6 Å². The number of nitrogens with one attached hydrogen (secondary N) is 3. The first-order valence-electron chi connectivity index (χ1n) is 12.3. The van der Waals surface area contributed by atoms with Crippen LogP contribution in [0.2, 0.25) is 0 Å². The van der Waals surface area contributed by atoms with E-state index < -0.39 is 47.9 Å². The van der Waals surface area contributed by atoms with Crippen LogP contribution in [0.4, 0.5) is 0 Å². The number of phenolic OH excluding ortho intramolecular Hbond substituents is 1. The number of amides is 3. The summed E-state index contributed by atoms with van der Waals surface area (Å²) in [5.74, 6) is -3.17. The molecule has 0 radical (unpaired) electrons. The number of thiol groups is 1. The van der Waals surface area contributed by atoms with E-state index in [1.54, 1.807) is 12.1 Å². The highest BCUT2D eigenvalue weighted by molar-refractivity contribution is 7.80. The molecule has 2 aromatic rings. The van der Waals surface area contributed by atoms with Crippen LogP contribution in [-0.4, -0.2) is 63.8 Å². The largest absolute Gasteiger partial charge is 0.508 e. The van der Waals surface area contributed by atoms with Gasteiger partial charge in [0, 0.05) is 12.2 Å². The summed E-state index contributed by atoms with van der Waals surface area (Å²) in [6.45, 7) is 3.78. The van der Waals surface area contributed by atoms with Gasteiger partial charge >= 0.3 is 5.97 Å². The number of hydrogen-bond donors (Lipinski definition) is 7. The number of benzene rings is 2. The summed E-state index contributed by atoms with van der Waals surface area (Å²) in [4.78, 5) is 50.6. The molecule has 0 aliphatic heterocycles. The van der Waals surface area contributed by atoms with Gasteiger partial charge < -0.3 is 31.9 Å². The topological polar surface area (TPSA) is 171 Å². The van der Waals surface area contributed by atoms with Crippen LogP contribution in [-0.2, 0) is 32.0 Å². The Bertz CT molecular complexity index is 1080. The number of aromatic hydroxyl groups is 1. The van der Waals surface area contributed by atoms with Gasteiger partial charge in [-0.15, -0.1) is 0 Å². The van der Waals surface area contributed by atoms with E-state index in [2.05, 4.69) is 28.6 Å². The zero-order chi connectivity index (χ0) is 28.2. The van der Waals surface area contributed by atoms with Crippen molar-refractivity contribution in [3.05, 3.63) is 65.7 Å². The van der Waals surface area contributed by atoms with Crippen molar-refractivity contribution in [3.8, 4) is 5.75 Å². The highest BCUT2D eigenvalue weighted by Gasteiger charge is 2.30. The van der Waals surface area contributed by atoms with Crippen LogP contribution < -0.4 is 21.7 Å². The molecule has 0 bridgehead atoms. The van der Waals surface area contributed by atoms with Gasteiger partial charge in [0.25, 0.3) is 0 Å².